The van der Waals surface area contributed by atoms with E-state index in [4.69, 9.17) is 19.0 Å². The largest absolute Gasteiger partial charge is 0.456 e. The monoisotopic (exact) mass is 512 g/mol. The number of hydrogen-bond donors (Lipinski definition) is 0. The topological polar surface area (TPSA) is 71.8 Å². The third kappa shape index (κ3) is 8.72. The van der Waals surface area contributed by atoms with Gasteiger partial charge in [0.2, 0.25) is 0 Å². The molecule has 1 aromatic rings. The van der Waals surface area contributed by atoms with E-state index in [0.717, 1.165) is 18.6 Å². The van der Waals surface area contributed by atoms with Crippen LogP contribution in [0.15, 0.2) is 30.3 Å². The fourth-order valence-corrected chi connectivity index (χ4v) is 8.41. The van der Waals surface area contributed by atoms with Crippen LogP contribution >= 0.6 is 30.1 Å². The van der Waals surface area contributed by atoms with E-state index in [0.29, 0.717) is 18.6 Å². The highest BCUT2D eigenvalue weighted by molar-refractivity contribution is 8.77. The Labute approximate surface area is 208 Å². The van der Waals surface area contributed by atoms with E-state index in [1.54, 1.807) is 22.9 Å². The fraction of sp³-hybridized carbons (Fsp3) is 0.667. The molecule has 0 saturated carbocycles. The Hall–Kier alpha value is -0.810. The number of nitrogens with zero attached hydrogens (tertiary/aromatic N) is 2. The van der Waals surface area contributed by atoms with Crippen molar-refractivity contribution in [2.45, 2.75) is 89.8 Å². The van der Waals surface area contributed by atoms with Gasteiger partial charge in [0.1, 0.15) is 12.2 Å². The summed E-state index contributed by atoms with van der Waals surface area (Å²) in [6, 6.07) is 11.6. The molecular formula is C24H37N2O4PS2. The van der Waals surface area contributed by atoms with E-state index in [-0.39, 0.29) is 28.9 Å². The lowest BCUT2D eigenvalue weighted by Crippen LogP contribution is -2.47. The van der Waals surface area contributed by atoms with Crippen LogP contribution in [0.25, 0.3) is 0 Å². The van der Waals surface area contributed by atoms with Gasteiger partial charge in [-0.1, -0.05) is 39.8 Å². The zero-order valence-electron chi connectivity index (χ0n) is 20.5. The van der Waals surface area contributed by atoms with Gasteiger partial charge in [0.05, 0.1) is 29.4 Å². The highest BCUT2D eigenvalue weighted by atomic mass is 33.1. The molecule has 2 rings (SSSR count). The molecule has 1 saturated heterocycles. The molecule has 3 atom stereocenters. The van der Waals surface area contributed by atoms with Gasteiger partial charge in [0.25, 0.3) is 8.53 Å². The Morgan fingerprint density at radius 3 is 2.52 bits per heavy atom. The molecule has 184 valence electrons. The number of carbonyl (C=O) groups is 1. The quantitative estimate of drug-likeness (QED) is 0.146. The van der Waals surface area contributed by atoms with Crippen molar-refractivity contribution in [1.82, 2.24) is 4.67 Å². The molecule has 33 heavy (non-hydrogen) atoms. The number of nitriles is 1. The van der Waals surface area contributed by atoms with Crippen molar-refractivity contribution in [2.24, 2.45) is 0 Å². The molecule has 0 radical (unpaired) electrons. The normalized spacial score (nSPS) is 21.9. The Morgan fingerprint density at radius 1 is 1.24 bits per heavy atom. The second-order valence-electron chi connectivity index (χ2n) is 9.03. The fourth-order valence-electron chi connectivity index (χ4n) is 3.67. The molecule has 1 aliphatic rings. The van der Waals surface area contributed by atoms with Crippen LogP contribution in [0, 0.1) is 11.3 Å². The summed E-state index contributed by atoms with van der Waals surface area (Å²) >= 11 is 0. The van der Waals surface area contributed by atoms with Crippen LogP contribution in [-0.4, -0.2) is 52.0 Å². The summed E-state index contributed by atoms with van der Waals surface area (Å²) in [5.74, 6) is 0.667. The number of esters is 1. The lowest BCUT2D eigenvalue weighted by atomic mass is 9.97. The van der Waals surface area contributed by atoms with Gasteiger partial charge in [0.15, 0.2) is 0 Å². The number of benzene rings is 1. The molecule has 0 aliphatic carbocycles. The average molecular weight is 513 g/mol. The third-order valence-corrected chi connectivity index (χ3v) is 10.6. The van der Waals surface area contributed by atoms with Crippen LogP contribution in [-0.2, 0) is 13.8 Å². The Balaban J connectivity index is 2.34. The highest BCUT2D eigenvalue weighted by Crippen LogP contribution is 2.53. The van der Waals surface area contributed by atoms with Gasteiger partial charge in [0, 0.05) is 17.8 Å². The van der Waals surface area contributed by atoms with Gasteiger partial charge in [-0.15, -0.1) is 0 Å². The first-order valence-corrected chi connectivity index (χ1v) is 14.9. The lowest BCUT2D eigenvalue weighted by Gasteiger charge is -2.43. The zero-order chi connectivity index (χ0) is 24.4. The summed E-state index contributed by atoms with van der Waals surface area (Å²) in [6.07, 6.45) is 1.21. The minimum atomic E-state index is -1.45. The van der Waals surface area contributed by atoms with Crippen LogP contribution in [0.1, 0.15) is 71.2 Å². The summed E-state index contributed by atoms with van der Waals surface area (Å²) in [5.41, 5.74) is 0.539. The molecule has 0 aromatic heterocycles. The van der Waals surface area contributed by atoms with Gasteiger partial charge >= 0.3 is 5.97 Å². The van der Waals surface area contributed by atoms with E-state index >= 15 is 0 Å². The molecular weight excluding hydrogens is 475 g/mol. The summed E-state index contributed by atoms with van der Waals surface area (Å²) in [6.45, 7) is 13.1. The van der Waals surface area contributed by atoms with Gasteiger partial charge < -0.3 is 13.8 Å². The molecule has 1 aliphatic heterocycles. The first kappa shape index (κ1) is 28.4. The first-order valence-electron chi connectivity index (χ1n) is 11.5. The van der Waals surface area contributed by atoms with E-state index in [1.165, 1.54) is 0 Å². The SMILES string of the molecule is CC(C)N(C(C)C)P(OCCC#N)O[C@@H]1[C@@H](OC(=O)c2ccccc2)CCCSSC1(C)C. The van der Waals surface area contributed by atoms with E-state index in [9.17, 15) is 4.79 Å². The second kappa shape index (κ2) is 13.9. The second-order valence-corrected chi connectivity index (χ2v) is 13.5. The highest BCUT2D eigenvalue weighted by Gasteiger charge is 2.44. The lowest BCUT2D eigenvalue weighted by molar-refractivity contribution is -0.0268. The first-order chi connectivity index (χ1) is 15.7. The summed E-state index contributed by atoms with van der Waals surface area (Å²) in [5, 5.41) is 9.02. The van der Waals surface area contributed by atoms with Crippen LogP contribution in [0.4, 0.5) is 0 Å². The summed E-state index contributed by atoms with van der Waals surface area (Å²) in [7, 11) is 2.15. The molecule has 1 aromatic carbocycles. The molecule has 1 heterocycles. The Bertz CT molecular complexity index is 765. The Morgan fingerprint density at radius 2 is 1.91 bits per heavy atom. The molecule has 0 N–H and O–H groups in total. The van der Waals surface area contributed by atoms with E-state index in [1.807, 2.05) is 29.0 Å². The molecule has 9 heteroatoms. The molecule has 1 fully saturated rings. The van der Waals surface area contributed by atoms with Crippen molar-refractivity contribution in [3.63, 3.8) is 0 Å². The van der Waals surface area contributed by atoms with Gasteiger partial charge in [-0.2, -0.15) is 5.26 Å². The molecule has 1 unspecified atom stereocenters. The predicted molar refractivity (Wildman–Crippen MR) is 139 cm³/mol. The van der Waals surface area contributed by atoms with Crippen LogP contribution in [0.3, 0.4) is 0 Å². The maximum atomic E-state index is 13.0. The minimum Gasteiger partial charge on any atom is -0.456 e. The molecule has 0 bridgehead atoms. The maximum Gasteiger partial charge on any atom is 0.338 e. The molecule has 6 nitrogen and oxygen atoms in total. The van der Waals surface area contributed by atoms with Gasteiger partial charge in [-0.25, -0.2) is 9.46 Å². The van der Waals surface area contributed by atoms with Crippen molar-refractivity contribution in [2.75, 3.05) is 12.4 Å². The van der Waals surface area contributed by atoms with Crippen LogP contribution < -0.4 is 0 Å². The number of ether oxygens (including phenoxy) is 1. The van der Waals surface area contributed by atoms with Crippen LogP contribution in [0.2, 0.25) is 0 Å². The van der Waals surface area contributed by atoms with Crippen molar-refractivity contribution >= 4 is 36.1 Å². The van der Waals surface area contributed by atoms with E-state index in [2.05, 4.69) is 52.3 Å². The standard InChI is InChI=1S/C24H37N2O4PS2/c1-18(2)26(19(3)4)31(28-16-11-15-25)30-22-21(14-10-17-32-33-24(22,5)6)29-23(27)20-12-8-7-9-13-20/h7-9,12-13,18-19,21-22H,10-11,14,16-17H2,1-6H3/t21-,22+,31?/m0/s1. The number of hydrogen-bond acceptors (Lipinski definition) is 8. The van der Waals surface area contributed by atoms with Gasteiger partial charge in [-0.3, -0.25) is 0 Å². The van der Waals surface area contributed by atoms with Crippen molar-refractivity contribution in [1.29, 1.82) is 5.26 Å². The zero-order valence-corrected chi connectivity index (χ0v) is 23.1. The van der Waals surface area contributed by atoms with Crippen molar-refractivity contribution in [3.8, 4) is 6.07 Å². The van der Waals surface area contributed by atoms with Crippen molar-refractivity contribution in [3.05, 3.63) is 35.9 Å². The van der Waals surface area contributed by atoms with Crippen molar-refractivity contribution < 1.29 is 18.6 Å². The minimum absolute atomic E-state index is 0.196. The number of rotatable bonds is 10. The van der Waals surface area contributed by atoms with E-state index < -0.39 is 14.6 Å². The van der Waals surface area contributed by atoms with Gasteiger partial charge in [-0.05, 0) is 66.5 Å². The molecule has 0 spiro atoms. The summed E-state index contributed by atoms with van der Waals surface area (Å²) in [4.78, 5) is 13.0. The third-order valence-electron chi connectivity index (χ3n) is 5.15. The summed E-state index contributed by atoms with van der Waals surface area (Å²) < 4.78 is 20.9. The smallest absolute Gasteiger partial charge is 0.338 e. The van der Waals surface area contributed by atoms with Crippen LogP contribution in [0.5, 0.6) is 0 Å². The maximum absolute atomic E-state index is 13.0. The number of carbonyl (C=O) groups excluding carboxylic acids is 1. The average Bonchev–Trinajstić information content (AvgIpc) is 2.75. The Kier molecular flexibility index (Phi) is 12.0. The predicted octanol–water partition coefficient (Wildman–Crippen LogP) is 6.83. The molecule has 0 amide bonds.